The smallest absolute Gasteiger partial charge is 0.141 e. The van der Waals surface area contributed by atoms with Crippen molar-refractivity contribution in [1.29, 1.82) is 5.26 Å². The quantitative estimate of drug-likeness (QED) is 0.559. The Labute approximate surface area is 152 Å². The molecule has 3 aromatic carbocycles. The molecule has 0 aliphatic heterocycles. The highest BCUT2D eigenvalue weighted by atomic mass is 15.1. The lowest BCUT2D eigenvalue weighted by atomic mass is 10.1. The normalized spacial score (nSPS) is 10.8. The Bertz CT molecular complexity index is 1150. The van der Waals surface area contributed by atoms with Crippen molar-refractivity contribution in [3.8, 4) is 17.5 Å². The van der Waals surface area contributed by atoms with Gasteiger partial charge in [-0.3, -0.25) is 0 Å². The topological polar surface area (TPSA) is 67.6 Å². The highest BCUT2D eigenvalue weighted by Gasteiger charge is 2.14. The Balaban J connectivity index is 1.92. The number of aromatic nitrogens is 2. The van der Waals surface area contributed by atoms with Crippen LogP contribution in [-0.2, 0) is 6.54 Å². The van der Waals surface area contributed by atoms with Gasteiger partial charge in [-0.1, -0.05) is 42.5 Å². The van der Waals surface area contributed by atoms with Crippen molar-refractivity contribution in [3.05, 3.63) is 83.4 Å². The molecule has 0 spiro atoms. The first-order valence-electron chi connectivity index (χ1n) is 8.47. The van der Waals surface area contributed by atoms with Crippen LogP contribution in [0, 0.1) is 18.3 Å². The molecule has 0 saturated heterocycles. The fraction of sp³-hybridized carbons (Fsp3) is 0.0909. The zero-order valence-corrected chi connectivity index (χ0v) is 14.5. The standard InChI is InChI=1S/C22H18N4/c1-15-10-11-16(12-19(15)24)22-25-20-8-4-5-9-21(20)26(22)14-18-7-3-2-6-17(18)13-23/h2-12H,14,24H2,1H3. The van der Waals surface area contributed by atoms with Crippen molar-refractivity contribution >= 4 is 16.7 Å². The van der Waals surface area contributed by atoms with Gasteiger partial charge in [0.05, 0.1) is 29.2 Å². The number of benzene rings is 3. The average Bonchev–Trinajstić information content (AvgIpc) is 3.03. The molecule has 26 heavy (non-hydrogen) atoms. The molecule has 0 saturated carbocycles. The van der Waals surface area contributed by atoms with E-state index in [1.807, 2.05) is 67.6 Å². The van der Waals surface area contributed by atoms with Crippen LogP contribution in [0.3, 0.4) is 0 Å². The number of aryl methyl sites for hydroxylation is 1. The van der Waals surface area contributed by atoms with Crippen LogP contribution >= 0.6 is 0 Å². The predicted molar refractivity (Wildman–Crippen MR) is 105 cm³/mol. The third-order valence-corrected chi connectivity index (χ3v) is 4.66. The van der Waals surface area contributed by atoms with Gasteiger partial charge in [-0.25, -0.2) is 4.98 Å². The van der Waals surface area contributed by atoms with Crippen LogP contribution in [0.25, 0.3) is 22.4 Å². The number of para-hydroxylation sites is 2. The first kappa shape index (κ1) is 15.9. The molecule has 4 aromatic rings. The summed E-state index contributed by atoms with van der Waals surface area (Å²) in [6, 6.07) is 24.0. The predicted octanol–water partition coefficient (Wildman–Crippen LogP) is 4.51. The summed E-state index contributed by atoms with van der Waals surface area (Å²) in [4.78, 5) is 4.83. The van der Waals surface area contributed by atoms with E-state index in [4.69, 9.17) is 10.7 Å². The second kappa shape index (κ2) is 6.38. The van der Waals surface area contributed by atoms with Crippen LogP contribution in [0.2, 0.25) is 0 Å². The van der Waals surface area contributed by atoms with Gasteiger partial charge in [0.1, 0.15) is 5.82 Å². The minimum atomic E-state index is 0.577. The summed E-state index contributed by atoms with van der Waals surface area (Å²) < 4.78 is 2.15. The minimum Gasteiger partial charge on any atom is -0.398 e. The van der Waals surface area contributed by atoms with Crippen LogP contribution in [0.5, 0.6) is 0 Å². The zero-order valence-electron chi connectivity index (χ0n) is 14.5. The van der Waals surface area contributed by atoms with Crippen LogP contribution in [0.4, 0.5) is 5.69 Å². The van der Waals surface area contributed by atoms with E-state index in [2.05, 4.69) is 16.7 Å². The molecular formula is C22H18N4. The van der Waals surface area contributed by atoms with Crippen molar-refractivity contribution < 1.29 is 0 Å². The number of nitrogens with two attached hydrogens (primary N) is 1. The molecule has 0 fully saturated rings. The summed E-state index contributed by atoms with van der Waals surface area (Å²) in [6.45, 7) is 2.57. The summed E-state index contributed by atoms with van der Waals surface area (Å²) in [7, 11) is 0. The maximum absolute atomic E-state index is 9.42. The first-order valence-corrected chi connectivity index (χ1v) is 8.47. The van der Waals surface area contributed by atoms with Crippen LogP contribution < -0.4 is 5.73 Å². The Morgan fingerprint density at radius 1 is 1.04 bits per heavy atom. The molecular weight excluding hydrogens is 320 g/mol. The molecule has 0 radical (unpaired) electrons. The molecule has 0 bridgehead atoms. The van der Waals surface area contributed by atoms with Gasteiger partial charge in [0, 0.05) is 11.3 Å². The van der Waals surface area contributed by atoms with Crippen LogP contribution in [-0.4, -0.2) is 9.55 Å². The Hall–Kier alpha value is -3.58. The van der Waals surface area contributed by atoms with E-state index in [1.54, 1.807) is 0 Å². The van der Waals surface area contributed by atoms with Crippen molar-refractivity contribution in [3.63, 3.8) is 0 Å². The van der Waals surface area contributed by atoms with Gasteiger partial charge in [0.15, 0.2) is 0 Å². The van der Waals surface area contributed by atoms with E-state index in [1.165, 1.54) is 0 Å². The van der Waals surface area contributed by atoms with Crippen LogP contribution in [0.15, 0.2) is 66.7 Å². The van der Waals surface area contributed by atoms with E-state index in [0.29, 0.717) is 12.1 Å². The van der Waals surface area contributed by atoms with E-state index in [0.717, 1.165) is 39.2 Å². The molecule has 0 atom stereocenters. The molecule has 0 unspecified atom stereocenters. The molecule has 4 heteroatoms. The summed E-state index contributed by atoms with van der Waals surface area (Å²) in [5.74, 6) is 0.852. The molecule has 1 aromatic heterocycles. The van der Waals surface area contributed by atoms with Gasteiger partial charge >= 0.3 is 0 Å². The van der Waals surface area contributed by atoms with Gasteiger partial charge in [0.25, 0.3) is 0 Å². The monoisotopic (exact) mass is 338 g/mol. The van der Waals surface area contributed by atoms with E-state index in [-0.39, 0.29) is 0 Å². The molecule has 4 nitrogen and oxygen atoms in total. The minimum absolute atomic E-state index is 0.577. The van der Waals surface area contributed by atoms with Crippen molar-refractivity contribution in [2.24, 2.45) is 0 Å². The molecule has 0 aliphatic rings. The number of rotatable bonds is 3. The second-order valence-electron chi connectivity index (χ2n) is 6.35. The summed E-state index contributed by atoms with van der Waals surface area (Å²) in [6.07, 6.45) is 0. The number of hydrogen-bond acceptors (Lipinski definition) is 3. The molecule has 2 N–H and O–H groups in total. The highest BCUT2D eigenvalue weighted by Crippen LogP contribution is 2.28. The lowest BCUT2D eigenvalue weighted by molar-refractivity contribution is 0.832. The Morgan fingerprint density at radius 3 is 2.62 bits per heavy atom. The summed E-state index contributed by atoms with van der Waals surface area (Å²) in [5, 5.41) is 9.42. The maximum atomic E-state index is 9.42. The number of fused-ring (bicyclic) bond motifs is 1. The number of hydrogen-bond donors (Lipinski definition) is 1. The number of nitriles is 1. The fourth-order valence-electron chi connectivity index (χ4n) is 3.17. The van der Waals surface area contributed by atoms with Crippen LogP contribution in [0.1, 0.15) is 16.7 Å². The zero-order chi connectivity index (χ0) is 18.1. The molecule has 4 rings (SSSR count). The molecule has 126 valence electrons. The lowest BCUT2D eigenvalue weighted by Crippen LogP contribution is -2.04. The van der Waals surface area contributed by atoms with Gasteiger partial charge < -0.3 is 10.3 Å². The van der Waals surface area contributed by atoms with E-state index >= 15 is 0 Å². The number of nitrogens with zero attached hydrogens (tertiary/aromatic N) is 3. The van der Waals surface area contributed by atoms with Gasteiger partial charge in [-0.15, -0.1) is 0 Å². The van der Waals surface area contributed by atoms with Gasteiger partial charge in [-0.2, -0.15) is 5.26 Å². The molecule has 0 aliphatic carbocycles. The van der Waals surface area contributed by atoms with Crippen molar-refractivity contribution in [2.75, 3.05) is 5.73 Å². The molecule has 1 heterocycles. The maximum Gasteiger partial charge on any atom is 0.141 e. The van der Waals surface area contributed by atoms with Crippen molar-refractivity contribution in [2.45, 2.75) is 13.5 Å². The Morgan fingerprint density at radius 2 is 1.81 bits per heavy atom. The van der Waals surface area contributed by atoms with Gasteiger partial charge in [-0.05, 0) is 42.3 Å². The third-order valence-electron chi connectivity index (χ3n) is 4.66. The lowest BCUT2D eigenvalue weighted by Gasteiger charge is -2.12. The number of anilines is 1. The van der Waals surface area contributed by atoms with E-state index < -0.39 is 0 Å². The summed E-state index contributed by atoms with van der Waals surface area (Å²) >= 11 is 0. The first-order chi connectivity index (χ1) is 12.7. The molecule has 0 amide bonds. The second-order valence-corrected chi connectivity index (χ2v) is 6.35. The number of imidazole rings is 1. The summed E-state index contributed by atoms with van der Waals surface area (Å²) in [5.41, 5.74) is 12.5. The third kappa shape index (κ3) is 2.70. The average molecular weight is 338 g/mol. The number of nitrogen functional groups attached to an aromatic ring is 1. The highest BCUT2D eigenvalue weighted by molar-refractivity contribution is 5.81. The largest absolute Gasteiger partial charge is 0.398 e. The Kier molecular flexibility index (Phi) is 3.91. The van der Waals surface area contributed by atoms with Gasteiger partial charge in [0.2, 0.25) is 0 Å². The SMILES string of the molecule is Cc1ccc(-c2nc3ccccc3n2Cc2ccccc2C#N)cc1N. The fourth-order valence-corrected chi connectivity index (χ4v) is 3.17. The van der Waals surface area contributed by atoms with E-state index in [9.17, 15) is 5.26 Å². The van der Waals surface area contributed by atoms with Crippen molar-refractivity contribution in [1.82, 2.24) is 9.55 Å².